The van der Waals surface area contributed by atoms with Crippen molar-refractivity contribution in [2.45, 2.75) is 45.6 Å². The predicted molar refractivity (Wildman–Crippen MR) is 72.0 cm³/mol. The molecule has 17 heavy (non-hydrogen) atoms. The zero-order valence-corrected chi connectivity index (χ0v) is 10.7. The molecule has 3 nitrogen and oxygen atoms in total. The van der Waals surface area contributed by atoms with E-state index in [0.29, 0.717) is 6.42 Å². The van der Waals surface area contributed by atoms with Gasteiger partial charge in [0.1, 0.15) is 0 Å². The lowest BCUT2D eigenvalue weighted by atomic mass is 10.1. The molecule has 1 atom stereocenters. The Labute approximate surface area is 103 Å². The van der Waals surface area contributed by atoms with E-state index >= 15 is 0 Å². The van der Waals surface area contributed by atoms with Crippen molar-refractivity contribution in [1.29, 1.82) is 0 Å². The second kappa shape index (κ2) is 7.07. The molecule has 0 fully saturated rings. The van der Waals surface area contributed by atoms with Gasteiger partial charge in [0.25, 0.3) is 0 Å². The van der Waals surface area contributed by atoms with Crippen molar-refractivity contribution in [3.05, 3.63) is 29.8 Å². The van der Waals surface area contributed by atoms with E-state index in [1.165, 1.54) is 5.56 Å². The fraction of sp³-hybridized carbons (Fsp3) is 0.500. The number of hydrogen-bond acceptors (Lipinski definition) is 2. The van der Waals surface area contributed by atoms with Gasteiger partial charge in [0.05, 0.1) is 0 Å². The Balaban J connectivity index is 2.43. The fourth-order valence-electron chi connectivity index (χ4n) is 1.63. The van der Waals surface area contributed by atoms with E-state index in [0.717, 1.165) is 24.9 Å². The Bertz CT molecular complexity index is 344. The maximum Gasteiger partial charge on any atom is 0.224 e. The average molecular weight is 234 g/mol. The number of rotatable bonds is 6. The van der Waals surface area contributed by atoms with Gasteiger partial charge in [0.2, 0.25) is 5.91 Å². The van der Waals surface area contributed by atoms with Crippen LogP contribution in [-0.2, 0) is 11.2 Å². The predicted octanol–water partition coefficient (Wildman–Crippen LogP) is 2.71. The first kappa shape index (κ1) is 13.7. The zero-order chi connectivity index (χ0) is 12.7. The van der Waals surface area contributed by atoms with Gasteiger partial charge in [-0.1, -0.05) is 25.5 Å². The average Bonchev–Trinajstić information content (AvgIpc) is 2.29. The van der Waals surface area contributed by atoms with Crippen LogP contribution < -0.4 is 11.1 Å². The summed E-state index contributed by atoms with van der Waals surface area (Å²) in [5, 5.41) is 2.87. The van der Waals surface area contributed by atoms with Crippen LogP contribution in [0.1, 0.15) is 38.7 Å². The van der Waals surface area contributed by atoms with Gasteiger partial charge in [-0.25, -0.2) is 0 Å². The summed E-state index contributed by atoms with van der Waals surface area (Å²) in [5.74, 6) is 0.0329. The number of hydrogen-bond donors (Lipinski definition) is 2. The van der Waals surface area contributed by atoms with Gasteiger partial charge in [0.15, 0.2) is 0 Å². The highest BCUT2D eigenvalue weighted by Crippen LogP contribution is 2.11. The van der Waals surface area contributed by atoms with Crippen LogP contribution in [0.25, 0.3) is 0 Å². The van der Waals surface area contributed by atoms with Crippen LogP contribution in [0.15, 0.2) is 24.3 Å². The maximum atomic E-state index is 11.6. The van der Waals surface area contributed by atoms with Crippen molar-refractivity contribution in [3.63, 3.8) is 0 Å². The Morgan fingerprint density at radius 1 is 1.35 bits per heavy atom. The van der Waals surface area contributed by atoms with Crippen LogP contribution in [0.5, 0.6) is 0 Å². The number of anilines is 1. The molecular weight excluding hydrogens is 212 g/mol. The lowest BCUT2D eigenvalue weighted by molar-refractivity contribution is -0.116. The lowest BCUT2D eigenvalue weighted by Gasteiger charge is -2.07. The summed E-state index contributed by atoms with van der Waals surface area (Å²) in [6.45, 7) is 4.07. The molecule has 1 rings (SSSR count). The molecule has 0 bridgehead atoms. The summed E-state index contributed by atoms with van der Waals surface area (Å²) < 4.78 is 0. The van der Waals surface area contributed by atoms with Crippen molar-refractivity contribution < 1.29 is 4.79 Å². The quantitative estimate of drug-likeness (QED) is 0.795. The minimum Gasteiger partial charge on any atom is -0.328 e. The van der Waals surface area contributed by atoms with Crippen LogP contribution in [0.4, 0.5) is 5.69 Å². The number of aryl methyl sites for hydroxylation is 1. The topological polar surface area (TPSA) is 55.1 Å². The van der Waals surface area contributed by atoms with E-state index < -0.39 is 0 Å². The third-order valence-electron chi connectivity index (χ3n) is 2.60. The summed E-state index contributed by atoms with van der Waals surface area (Å²) in [5.41, 5.74) is 7.77. The summed E-state index contributed by atoms with van der Waals surface area (Å²) >= 11 is 0. The largest absolute Gasteiger partial charge is 0.328 e. The highest BCUT2D eigenvalue weighted by atomic mass is 16.1. The van der Waals surface area contributed by atoms with E-state index in [2.05, 4.69) is 24.4 Å². The number of carbonyl (C=O) groups excluding carboxylic acids is 1. The first-order valence-corrected chi connectivity index (χ1v) is 6.26. The van der Waals surface area contributed by atoms with Gasteiger partial charge in [-0.2, -0.15) is 0 Å². The molecule has 1 aromatic rings. The Kier molecular flexibility index (Phi) is 5.70. The molecule has 0 aliphatic rings. The van der Waals surface area contributed by atoms with Crippen LogP contribution >= 0.6 is 0 Å². The normalized spacial score (nSPS) is 12.2. The molecule has 1 aromatic carbocycles. The van der Waals surface area contributed by atoms with Gasteiger partial charge in [-0.3, -0.25) is 4.79 Å². The molecule has 0 radical (unpaired) electrons. The molecule has 3 heteroatoms. The first-order valence-electron chi connectivity index (χ1n) is 6.26. The van der Waals surface area contributed by atoms with Crippen molar-refractivity contribution in [1.82, 2.24) is 0 Å². The van der Waals surface area contributed by atoms with E-state index in [1.807, 2.05) is 19.1 Å². The molecule has 1 unspecified atom stereocenters. The summed E-state index contributed by atoms with van der Waals surface area (Å²) in [4.78, 5) is 11.6. The minimum atomic E-state index is 0.0329. The van der Waals surface area contributed by atoms with E-state index in [-0.39, 0.29) is 11.9 Å². The van der Waals surface area contributed by atoms with Crippen LogP contribution in [-0.4, -0.2) is 11.9 Å². The number of nitrogens with two attached hydrogens (primary N) is 1. The SMILES string of the molecule is CCCc1ccc(NC(=O)CCC(C)N)cc1. The van der Waals surface area contributed by atoms with E-state index in [4.69, 9.17) is 5.73 Å². The van der Waals surface area contributed by atoms with Crippen LogP contribution in [0.3, 0.4) is 0 Å². The van der Waals surface area contributed by atoms with Crippen LogP contribution in [0.2, 0.25) is 0 Å². The number of nitrogens with one attached hydrogen (secondary N) is 1. The Morgan fingerprint density at radius 3 is 2.53 bits per heavy atom. The highest BCUT2D eigenvalue weighted by Gasteiger charge is 2.04. The van der Waals surface area contributed by atoms with Gasteiger partial charge in [-0.05, 0) is 37.5 Å². The maximum absolute atomic E-state index is 11.6. The molecule has 0 saturated carbocycles. The van der Waals surface area contributed by atoms with Gasteiger partial charge >= 0.3 is 0 Å². The van der Waals surface area contributed by atoms with Crippen molar-refractivity contribution in [3.8, 4) is 0 Å². The smallest absolute Gasteiger partial charge is 0.224 e. The zero-order valence-electron chi connectivity index (χ0n) is 10.7. The van der Waals surface area contributed by atoms with Crippen molar-refractivity contribution >= 4 is 11.6 Å². The fourth-order valence-corrected chi connectivity index (χ4v) is 1.63. The van der Waals surface area contributed by atoms with Crippen molar-refractivity contribution in [2.75, 3.05) is 5.32 Å². The van der Waals surface area contributed by atoms with E-state index in [1.54, 1.807) is 0 Å². The van der Waals surface area contributed by atoms with Crippen LogP contribution in [0, 0.1) is 0 Å². The van der Waals surface area contributed by atoms with E-state index in [9.17, 15) is 4.79 Å². The summed E-state index contributed by atoms with van der Waals surface area (Å²) in [7, 11) is 0. The molecular formula is C14H22N2O. The highest BCUT2D eigenvalue weighted by molar-refractivity contribution is 5.90. The summed E-state index contributed by atoms with van der Waals surface area (Å²) in [6.07, 6.45) is 3.42. The van der Waals surface area contributed by atoms with Crippen molar-refractivity contribution in [2.24, 2.45) is 5.73 Å². The van der Waals surface area contributed by atoms with Gasteiger partial charge in [0, 0.05) is 18.2 Å². The molecule has 1 amide bonds. The third-order valence-corrected chi connectivity index (χ3v) is 2.60. The molecule has 3 N–H and O–H groups in total. The minimum absolute atomic E-state index is 0.0329. The monoisotopic (exact) mass is 234 g/mol. The molecule has 0 spiro atoms. The standard InChI is InChI=1S/C14H22N2O/c1-3-4-12-6-8-13(9-7-12)16-14(17)10-5-11(2)15/h6-9,11H,3-5,10,15H2,1-2H3,(H,16,17). The second-order valence-electron chi connectivity index (χ2n) is 4.51. The molecule has 0 aromatic heterocycles. The number of benzene rings is 1. The Hall–Kier alpha value is -1.35. The molecule has 0 aliphatic heterocycles. The molecule has 0 aliphatic carbocycles. The molecule has 0 saturated heterocycles. The second-order valence-corrected chi connectivity index (χ2v) is 4.51. The van der Waals surface area contributed by atoms with Gasteiger partial charge < -0.3 is 11.1 Å². The third kappa shape index (κ3) is 5.50. The molecule has 94 valence electrons. The molecule has 0 heterocycles. The van der Waals surface area contributed by atoms with Gasteiger partial charge in [-0.15, -0.1) is 0 Å². The Morgan fingerprint density at radius 2 is 2.00 bits per heavy atom. The number of carbonyl (C=O) groups is 1. The summed E-state index contributed by atoms with van der Waals surface area (Å²) in [6, 6.07) is 8.10. The number of amides is 1. The first-order chi connectivity index (χ1) is 8.11. The lowest BCUT2D eigenvalue weighted by Crippen LogP contribution is -2.19.